The van der Waals surface area contributed by atoms with Gasteiger partial charge in [-0.25, -0.2) is 4.79 Å². The van der Waals surface area contributed by atoms with E-state index in [9.17, 15) is 4.79 Å². The van der Waals surface area contributed by atoms with Gasteiger partial charge in [-0.05, 0) is 11.6 Å². The molecule has 8 heteroatoms. The number of hydrogen-bond acceptors (Lipinski definition) is 5. The number of carbonyl (C=O) groups is 1. The van der Waals surface area contributed by atoms with Crippen molar-refractivity contribution in [2.45, 2.75) is 6.54 Å². The third kappa shape index (κ3) is 3.30. The zero-order valence-electron chi connectivity index (χ0n) is 12.8. The van der Waals surface area contributed by atoms with Crippen molar-refractivity contribution in [3.63, 3.8) is 0 Å². The molecule has 0 amide bonds. The zero-order chi connectivity index (χ0) is 16.4. The van der Waals surface area contributed by atoms with Crippen LogP contribution in [0.4, 0.5) is 5.95 Å². The molecule has 0 unspecified atom stereocenters. The molecule has 1 N–H and O–H groups in total. The van der Waals surface area contributed by atoms with Crippen LogP contribution in [-0.2, 0) is 13.6 Å². The van der Waals surface area contributed by atoms with Crippen LogP contribution in [0.25, 0.3) is 0 Å². The molecule has 1 aromatic carbocycles. The van der Waals surface area contributed by atoms with E-state index in [-0.39, 0.29) is 5.56 Å². The smallest absolute Gasteiger partial charge is 0.337 e. The van der Waals surface area contributed by atoms with Gasteiger partial charge in [0, 0.05) is 39.8 Å². The fourth-order valence-corrected chi connectivity index (χ4v) is 3.04. The monoisotopic (exact) mass is 335 g/mol. The highest BCUT2D eigenvalue weighted by atomic mass is 35.5. The Balaban J connectivity index is 1.64. The Bertz CT molecular complexity index is 710. The highest BCUT2D eigenvalue weighted by Gasteiger charge is 2.21. The highest BCUT2D eigenvalue weighted by molar-refractivity contribution is 6.34. The number of piperazine rings is 1. The summed E-state index contributed by atoms with van der Waals surface area (Å²) in [4.78, 5) is 15.6. The maximum Gasteiger partial charge on any atom is 0.337 e. The second-order valence-electron chi connectivity index (χ2n) is 5.59. The first-order valence-electron chi connectivity index (χ1n) is 7.38. The molecule has 1 aliphatic heterocycles. The number of carboxylic acids is 1. The molecule has 2 aromatic rings. The first-order valence-corrected chi connectivity index (χ1v) is 7.76. The molecule has 3 rings (SSSR count). The van der Waals surface area contributed by atoms with Crippen molar-refractivity contribution >= 4 is 23.5 Å². The van der Waals surface area contributed by atoms with Gasteiger partial charge in [-0.1, -0.05) is 23.7 Å². The Morgan fingerprint density at radius 3 is 2.65 bits per heavy atom. The molecular weight excluding hydrogens is 318 g/mol. The van der Waals surface area contributed by atoms with Gasteiger partial charge >= 0.3 is 5.97 Å². The Morgan fingerprint density at radius 2 is 2.04 bits per heavy atom. The Kier molecular flexibility index (Phi) is 4.49. The lowest BCUT2D eigenvalue weighted by Gasteiger charge is -2.35. The molecule has 1 aliphatic rings. The lowest BCUT2D eigenvalue weighted by atomic mass is 10.1. The van der Waals surface area contributed by atoms with Crippen molar-refractivity contribution in [1.29, 1.82) is 0 Å². The number of aromatic nitrogens is 3. The van der Waals surface area contributed by atoms with Gasteiger partial charge in [-0.2, -0.15) is 0 Å². The highest BCUT2D eigenvalue weighted by Crippen LogP contribution is 2.23. The van der Waals surface area contributed by atoms with Crippen molar-refractivity contribution in [2.75, 3.05) is 31.1 Å². The molecule has 23 heavy (non-hydrogen) atoms. The van der Waals surface area contributed by atoms with E-state index in [1.54, 1.807) is 12.4 Å². The van der Waals surface area contributed by atoms with E-state index in [1.165, 1.54) is 6.07 Å². The number of benzene rings is 1. The van der Waals surface area contributed by atoms with Gasteiger partial charge in [0.25, 0.3) is 0 Å². The summed E-state index contributed by atoms with van der Waals surface area (Å²) in [7, 11) is 1.93. The van der Waals surface area contributed by atoms with E-state index in [0.29, 0.717) is 11.6 Å². The minimum atomic E-state index is -0.996. The van der Waals surface area contributed by atoms with Gasteiger partial charge in [0.15, 0.2) is 0 Å². The van der Waals surface area contributed by atoms with Crippen LogP contribution in [0.3, 0.4) is 0 Å². The van der Waals surface area contributed by atoms with Gasteiger partial charge in [0.05, 0.1) is 10.6 Å². The van der Waals surface area contributed by atoms with E-state index in [1.807, 2.05) is 17.7 Å². The lowest BCUT2D eigenvalue weighted by Crippen LogP contribution is -2.46. The summed E-state index contributed by atoms with van der Waals surface area (Å²) in [5, 5.41) is 17.5. The van der Waals surface area contributed by atoms with Crippen LogP contribution in [0.2, 0.25) is 5.02 Å². The average Bonchev–Trinajstić information content (AvgIpc) is 2.96. The van der Waals surface area contributed by atoms with E-state index in [4.69, 9.17) is 16.7 Å². The van der Waals surface area contributed by atoms with Crippen molar-refractivity contribution in [3.8, 4) is 0 Å². The quantitative estimate of drug-likeness (QED) is 0.912. The molecule has 1 fully saturated rings. The molecule has 0 atom stereocenters. The Hall–Kier alpha value is -2.12. The summed E-state index contributed by atoms with van der Waals surface area (Å²) in [6, 6.07) is 5.14. The summed E-state index contributed by atoms with van der Waals surface area (Å²) >= 11 is 6.21. The van der Waals surface area contributed by atoms with Gasteiger partial charge < -0.3 is 14.6 Å². The van der Waals surface area contributed by atoms with Crippen molar-refractivity contribution in [2.24, 2.45) is 7.05 Å². The lowest BCUT2D eigenvalue weighted by molar-refractivity contribution is 0.0697. The topological polar surface area (TPSA) is 74.5 Å². The normalized spacial score (nSPS) is 15.8. The number of hydrogen-bond donors (Lipinski definition) is 1. The van der Waals surface area contributed by atoms with Crippen LogP contribution in [0.5, 0.6) is 0 Å². The molecule has 0 spiro atoms. The number of anilines is 1. The second-order valence-corrected chi connectivity index (χ2v) is 5.97. The van der Waals surface area contributed by atoms with Crippen LogP contribution in [-0.4, -0.2) is 56.9 Å². The van der Waals surface area contributed by atoms with Gasteiger partial charge in [0.1, 0.15) is 6.33 Å². The molecule has 0 radical (unpaired) electrons. The first kappa shape index (κ1) is 15.8. The van der Waals surface area contributed by atoms with Crippen LogP contribution in [0.15, 0.2) is 24.5 Å². The van der Waals surface area contributed by atoms with Gasteiger partial charge in [-0.3, -0.25) is 4.90 Å². The fraction of sp³-hybridized carbons (Fsp3) is 0.400. The zero-order valence-corrected chi connectivity index (χ0v) is 13.6. The summed E-state index contributed by atoms with van der Waals surface area (Å²) in [6.07, 6.45) is 1.69. The predicted molar refractivity (Wildman–Crippen MR) is 86.9 cm³/mol. The predicted octanol–water partition coefficient (Wildman–Crippen LogP) is 1.49. The third-order valence-corrected chi connectivity index (χ3v) is 4.49. The van der Waals surface area contributed by atoms with Crippen molar-refractivity contribution < 1.29 is 9.90 Å². The van der Waals surface area contributed by atoms with E-state index >= 15 is 0 Å². The summed E-state index contributed by atoms with van der Waals surface area (Å²) < 4.78 is 1.91. The van der Waals surface area contributed by atoms with Crippen molar-refractivity contribution in [3.05, 3.63) is 40.7 Å². The SMILES string of the molecule is Cn1cnnc1N1CCN(Cc2cccc(C(=O)O)c2Cl)CC1. The fourth-order valence-electron chi connectivity index (χ4n) is 2.78. The molecule has 1 saturated heterocycles. The van der Waals surface area contributed by atoms with Crippen LogP contribution < -0.4 is 4.90 Å². The summed E-state index contributed by atoms with van der Waals surface area (Å²) in [5.74, 6) is -0.125. The Labute approximate surface area is 139 Å². The molecule has 0 saturated carbocycles. The standard InChI is InChI=1S/C15H18ClN5O2/c1-19-10-17-18-15(19)21-7-5-20(6-8-21)9-11-3-2-4-12(13(11)16)14(22)23/h2-4,10H,5-9H2,1H3,(H,22,23). The second kappa shape index (κ2) is 6.55. The third-order valence-electron chi connectivity index (χ3n) is 4.05. The molecule has 7 nitrogen and oxygen atoms in total. The number of aromatic carboxylic acids is 1. The molecule has 2 heterocycles. The number of aryl methyl sites for hydroxylation is 1. The maximum absolute atomic E-state index is 11.2. The summed E-state index contributed by atoms with van der Waals surface area (Å²) in [5.41, 5.74) is 1.00. The van der Waals surface area contributed by atoms with Gasteiger partial charge in [0.2, 0.25) is 5.95 Å². The maximum atomic E-state index is 11.2. The van der Waals surface area contributed by atoms with E-state index in [0.717, 1.165) is 37.7 Å². The van der Waals surface area contributed by atoms with Crippen molar-refractivity contribution in [1.82, 2.24) is 19.7 Å². The van der Waals surface area contributed by atoms with Crippen LogP contribution >= 0.6 is 11.6 Å². The largest absolute Gasteiger partial charge is 0.478 e. The Morgan fingerprint density at radius 1 is 1.30 bits per heavy atom. The van der Waals surface area contributed by atoms with Crippen LogP contribution in [0, 0.1) is 0 Å². The van der Waals surface area contributed by atoms with E-state index < -0.39 is 5.97 Å². The average molecular weight is 336 g/mol. The minimum Gasteiger partial charge on any atom is -0.478 e. The summed E-state index contributed by atoms with van der Waals surface area (Å²) in [6.45, 7) is 4.07. The minimum absolute atomic E-state index is 0.155. The molecular formula is C15H18ClN5O2. The van der Waals surface area contributed by atoms with Gasteiger partial charge in [-0.15, -0.1) is 10.2 Å². The molecule has 0 bridgehead atoms. The number of rotatable bonds is 4. The van der Waals surface area contributed by atoms with Crippen LogP contribution in [0.1, 0.15) is 15.9 Å². The van der Waals surface area contributed by atoms with E-state index in [2.05, 4.69) is 20.0 Å². The molecule has 122 valence electrons. The molecule has 1 aromatic heterocycles. The first-order chi connectivity index (χ1) is 11.1. The number of halogens is 1. The number of carboxylic acid groups (broad SMARTS) is 1. The number of nitrogens with zero attached hydrogens (tertiary/aromatic N) is 5. The molecule has 0 aliphatic carbocycles.